The molecule has 0 N–H and O–H groups in total. The Hall–Kier alpha value is -5.73. The van der Waals surface area contributed by atoms with E-state index in [0.717, 1.165) is 6.07 Å². The van der Waals surface area contributed by atoms with Crippen LogP contribution < -0.4 is 14.4 Å². The molecule has 3 aromatic carbocycles. The van der Waals surface area contributed by atoms with Crippen molar-refractivity contribution in [3.63, 3.8) is 0 Å². The van der Waals surface area contributed by atoms with E-state index in [9.17, 15) is 23.7 Å². The van der Waals surface area contributed by atoms with Crippen LogP contribution in [-0.2, 0) is 9.47 Å². The molecule has 61 heavy (non-hydrogen) atoms. The normalized spacial score (nSPS) is 23.7. The highest BCUT2D eigenvalue weighted by atomic mass is 19.3. The lowest BCUT2D eigenvalue weighted by Crippen LogP contribution is -2.57. The van der Waals surface area contributed by atoms with Gasteiger partial charge in [0.15, 0.2) is 12.6 Å². The van der Waals surface area contributed by atoms with E-state index in [4.69, 9.17) is 30.4 Å². The van der Waals surface area contributed by atoms with Crippen LogP contribution in [-0.4, -0.2) is 107 Å². The Balaban J connectivity index is 1.19. The maximum atomic E-state index is 17.8. The van der Waals surface area contributed by atoms with Crippen molar-refractivity contribution >= 4 is 39.3 Å². The van der Waals surface area contributed by atoms with Crippen molar-refractivity contribution in [2.75, 3.05) is 51.6 Å². The van der Waals surface area contributed by atoms with Gasteiger partial charge in [0.2, 0.25) is 5.92 Å². The van der Waals surface area contributed by atoms with E-state index in [1.807, 2.05) is 17.1 Å². The highest BCUT2D eigenvalue weighted by Gasteiger charge is 2.65. The Morgan fingerprint density at radius 2 is 1.80 bits per heavy atom. The van der Waals surface area contributed by atoms with Crippen LogP contribution in [0.5, 0.6) is 11.8 Å². The third kappa shape index (κ3) is 7.03. The number of methoxy groups -OCH3 is 1. The van der Waals surface area contributed by atoms with E-state index in [1.165, 1.54) is 25.3 Å². The van der Waals surface area contributed by atoms with Gasteiger partial charge in [0.05, 0.1) is 39.1 Å². The predicted octanol–water partition coefficient (Wildman–Crippen LogP) is 8.00. The minimum atomic E-state index is -2.72. The molecule has 1 saturated carbocycles. The summed E-state index contributed by atoms with van der Waals surface area (Å²) < 4.78 is 84.4. The summed E-state index contributed by atoms with van der Waals surface area (Å²) in [5.41, 5.74) is -3.90. The second-order valence-electron chi connectivity index (χ2n) is 18.0. The SMILES string of the molecule is C#Cc1c(F)ccc2cc(OCOC)cc(-c3c([N+](=O)[O-])cc4c(N5C[C@H]6CC[C@@H](C5)N6C(=O)OC(C)(C)C)nc(OCC56C=CCN5CC5(CC(F)(F)C5)C6)nc4c3F)c12. The van der Waals surface area contributed by atoms with Crippen LogP contribution in [0, 0.1) is 39.5 Å². The number of nitro benzene ring substituents is 1. The molecule has 1 aliphatic carbocycles. The summed E-state index contributed by atoms with van der Waals surface area (Å²) in [7, 11) is 1.40. The first kappa shape index (κ1) is 40.7. The van der Waals surface area contributed by atoms with Gasteiger partial charge in [-0.05, 0) is 69.0 Å². The van der Waals surface area contributed by atoms with Crippen LogP contribution >= 0.6 is 0 Å². The van der Waals surface area contributed by atoms with Gasteiger partial charge in [-0.1, -0.05) is 24.1 Å². The number of nitro groups is 1. The molecule has 0 radical (unpaired) electrons. The number of terminal acetylenes is 1. The minimum absolute atomic E-state index is 0.00179. The molecule has 5 heterocycles. The number of amides is 1. The average Bonchev–Trinajstić information content (AvgIpc) is 3.80. The number of hydrogen-bond acceptors (Lipinski definition) is 11. The van der Waals surface area contributed by atoms with Gasteiger partial charge in [0.1, 0.15) is 35.1 Å². The van der Waals surface area contributed by atoms with Crippen LogP contribution in [0.3, 0.4) is 0 Å². The number of hydrogen-bond donors (Lipinski definition) is 0. The lowest BCUT2D eigenvalue weighted by molar-refractivity contribution is -0.384. The molecule has 4 aliphatic heterocycles. The first-order valence-corrected chi connectivity index (χ1v) is 20.2. The molecule has 4 fully saturated rings. The van der Waals surface area contributed by atoms with Crippen LogP contribution in [0.4, 0.5) is 33.9 Å². The van der Waals surface area contributed by atoms with Crippen molar-refractivity contribution in [2.45, 2.75) is 82.0 Å². The lowest BCUT2D eigenvalue weighted by atomic mass is 9.63. The Morgan fingerprint density at radius 1 is 1.07 bits per heavy atom. The number of benzene rings is 3. The highest BCUT2D eigenvalue weighted by Crippen LogP contribution is 2.61. The number of fused-ring (bicyclic) bond motifs is 5. The Labute approximate surface area is 348 Å². The summed E-state index contributed by atoms with van der Waals surface area (Å²) in [4.78, 5) is 40.7. The number of nitrogens with zero attached hydrogens (tertiary/aromatic N) is 6. The van der Waals surface area contributed by atoms with E-state index in [1.54, 1.807) is 31.7 Å². The van der Waals surface area contributed by atoms with Gasteiger partial charge in [-0.3, -0.25) is 19.9 Å². The van der Waals surface area contributed by atoms with Crippen molar-refractivity contribution in [2.24, 2.45) is 5.41 Å². The van der Waals surface area contributed by atoms with Crippen LogP contribution in [0.15, 0.2) is 42.5 Å². The predicted molar refractivity (Wildman–Crippen MR) is 217 cm³/mol. The third-order valence-corrected chi connectivity index (χ3v) is 12.6. The highest BCUT2D eigenvalue weighted by molar-refractivity contribution is 6.06. The van der Waals surface area contributed by atoms with E-state index in [2.05, 4.69) is 15.8 Å². The van der Waals surface area contributed by atoms with Crippen LogP contribution in [0.25, 0.3) is 32.8 Å². The summed E-state index contributed by atoms with van der Waals surface area (Å²) in [5.74, 6) is -2.03. The van der Waals surface area contributed by atoms with Crippen molar-refractivity contribution in [1.29, 1.82) is 0 Å². The molecule has 320 valence electrons. The number of anilines is 1. The van der Waals surface area contributed by atoms with Gasteiger partial charge in [-0.2, -0.15) is 9.97 Å². The molecule has 1 amide bonds. The average molecular weight is 845 g/mol. The molecule has 1 spiro atoms. The molecule has 13 nitrogen and oxygen atoms in total. The summed E-state index contributed by atoms with van der Waals surface area (Å²) >= 11 is 0. The number of aromatic nitrogens is 2. The van der Waals surface area contributed by atoms with Crippen molar-refractivity contribution in [1.82, 2.24) is 19.8 Å². The Morgan fingerprint density at radius 3 is 2.46 bits per heavy atom. The van der Waals surface area contributed by atoms with Crippen molar-refractivity contribution < 1.29 is 46.2 Å². The first-order chi connectivity index (χ1) is 28.9. The van der Waals surface area contributed by atoms with Gasteiger partial charge < -0.3 is 23.8 Å². The molecule has 1 aromatic heterocycles. The molecular weight excluding hydrogens is 801 g/mol. The fourth-order valence-electron chi connectivity index (χ4n) is 10.4. The third-order valence-electron chi connectivity index (χ3n) is 12.6. The quantitative estimate of drug-likeness (QED) is 0.0406. The minimum Gasteiger partial charge on any atom is -0.468 e. The summed E-state index contributed by atoms with van der Waals surface area (Å²) in [6.45, 7) is 6.62. The number of carbonyl (C=O) groups excluding carboxylic acids is 1. The molecular formula is C44H44F4N6O7. The molecule has 3 atom stereocenters. The second kappa shape index (κ2) is 14.4. The summed E-state index contributed by atoms with van der Waals surface area (Å²) in [5, 5.41) is 13.4. The molecule has 9 rings (SSSR count). The van der Waals surface area contributed by atoms with Gasteiger partial charge in [-0.15, -0.1) is 6.42 Å². The van der Waals surface area contributed by atoms with E-state index in [-0.39, 0.29) is 96.4 Å². The molecule has 3 saturated heterocycles. The van der Waals surface area contributed by atoms with Gasteiger partial charge in [0.25, 0.3) is 5.69 Å². The second-order valence-corrected chi connectivity index (χ2v) is 18.0. The summed E-state index contributed by atoms with van der Waals surface area (Å²) in [6, 6.07) is 5.76. The molecule has 1 unspecified atom stereocenters. The van der Waals surface area contributed by atoms with Gasteiger partial charge in [-0.25, -0.2) is 22.4 Å². The van der Waals surface area contributed by atoms with Crippen molar-refractivity contribution in [3.05, 3.63) is 69.8 Å². The molecule has 17 heteroatoms. The number of carbonyl (C=O) groups is 1. The standard InChI is InChI=1S/C44H44F4N6O7/c1-6-29-32(45)11-8-25-14-28(60-24-58-5)15-30(34(25)29)35-33(54(56)57)16-31-37(36(35)46)49-39(59-23-43-12-7-13-52(43)22-42(19-43)20-44(47,48)21-42)50-38(31)51-17-26-9-10-27(18-51)53(26)40(55)61-41(2,3)4/h1,7-8,11-12,14-16,26-27H,9-10,13,17-24H2,2-5H3/t26-,27+,43?. The monoisotopic (exact) mass is 844 g/mol. The number of piperazine rings is 1. The fourth-order valence-corrected chi connectivity index (χ4v) is 10.4. The maximum Gasteiger partial charge on any atom is 0.410 e. The van der Waals surface area contributed by atoms with Crippen LogP contribution in [0.1, 0.15) is 58.4 Å². The Kier molecular flexibility index (Phi) is 9.63. The van der Waals surface area contributed by atoms with Gasteiger partial charge in [0, 0.05) is 63.1 Å². The zero-order valence-electron chi connectivity index (χ0n) is 34.1. The smallest absolute Gasteiger partial charge is 0.410 e. The number of rotatable bonds is 9. The maximum absolute atomic E-state index is 17.8. The number of alkyl halides is 2. The molecule has 4 aromatic rings. The number of halogens is 4. The van der Waals surface area contributed by atoms with E-state index >= 15 is 8.78 Å². The molecule has 5 aliphatic rings. The van der Waals surface area contributed by atoms with Gasteiger partial charge >= 0.3 is 12.1 Å². The number of ether oxygens (including phenoxy) is 4. The topological polar surface area (TPSA) is 133 Å². The zero-order chi connectivity index (χ0) is 43.2. The zero-order valence-corrected chi connectivity index (χ0v) is 34.1. The van der Waals surface area contributed by atoms with E-state index < -0.39 is 56.4 Å². The van der Waals surface area contributed by atoms with E-state index in [0.29, 0.717) is 37.7 Å². The fraction of sp³-hybridized carbons (Fsp3) is 0.477. The largest absolute Gasteiger partial charge is 0.468 e. The first-order valence-electron chi connectivity index (χ1n) is 20.2. The van der Waals surface area contributed by atoms with Crippen molar-refractivity contribution in [3.8, 4) is 35.2 Å². The molecule has 2 bridgehead atoms. The Bertz CT molecular complexity index is 2550. The van der Waals surface area contributed by atoms with Crippen LogP contribution in [0.2, 0.25) is 0 Å². The lowest BCUT2D eigenvalue weighted by Gasteiger charge is -2.45. The summed E-state index contributed by atoms with van der Waals surface area (Å²) in [6.07, 6.45) is 10.6.